The van der Waals surface area contributed by atoms with Crippen molar-refractivity contribution < 1.29 is 47.7 Å². The molecular weight excluding hydrogens is 464 g/mol. The average molecular weight is 478 g/mol. The summed E-state index contributed by atoms with van der Waals surface area (Å²) < 4.78 is 6.85. The number of halogens is 1. The molecule has 3 rings (SSSR count). The van der Waals surface area contributed by atoms with Gasteiger partial charge in [-0.05, 0) is 13.1 Å². The van der Waals surface area contributed by atoms with Crippen LogP contribution in [0.3, 0.4) is 0 Å². The Bertz CT molecular complexity index is 650. The van der Waals surface area contributed by atoms with E-state index < -0.39 is 21.9 Å². The van der Waals surface area contributed by atoms with Gasteiger partial charge < -0.3 is 29.5 Å². The number of imidazole rings is 1. The molecule has 0 aliphatic carbocycles. The number of hydrogen-bond donors (Lipinski definition) is 2. The predicted octanol–water partition coefficient (Wildman–Crippen LogP) is 0.377. The summed E-state index contributed by atoms with van der Waals surface area (Å²) in [5.74, 6) is 0.572. The van der Waals surface area contributed by atoms with Gasteiger partial charge in [0, 0.05) is 44.1 Å². The van der Waals surface area contributed by atoms with Crippen LogP contribution in [0.5, 0.6) is 0 Å². The van der Waals surface area contributed by atoms with Gasteiger partial charge in [0.1, 0.15) is 12.2 Å². The van der Waals surface area contributed by atoms with Crippen LogP contribution in [0, 0.1) is 13.1 Å². The zero-order valence-corrected chi connectivity index (χ0v) is 16.6. The maximum absolute atomic E-state index is 10.5. The Kier molecular flexibility index (Phi) is 5.37. The minimum absolute atomic E-state index is 0. The van der Waals surface area contributed by atoms with Gasteiger partial charge in [-0.3, -0.25) is 4.98 Å². The van der Waals surface area contributed by atoms with E-state index in [-0.39, 0.29) is 39.3 Å². The van der Waals surface area contributed by atoms with E-state index in [0.717, 1.165) is 0 Å². The van der Waals surface area contributed by atoms with E-state index in [4.69, 9.17) is 4.74 Å². The first-order valence-corrected chi connectivity index (χ1v) is 7.25. The number of ether oxygens (including phenoxy) is 1. The topological polar surface area (TPSA) is 93.3 Å². The number of aliphatic hydroxyl groups excluding tert-OH is 2. The summed E-state index contributed by atoms with van der Waals surface area (Å²) in [6, 6.07) is 0. The monoisotopic (exact) mass is 478 g/mol. The minimum Gasteiger partial charge on any atom is -0.394 e. The molecule has 0 bridgehead atoms. The van der Waals surface area contributed by atoms with Crippen molar-refractivity contribution in [1.29, 1.82) is 0 Å². The van der Waals surface area contributed by atoms with E-state index in [0.29, 0.717) is 17.0 Å². The first-order chi connectivity index (χ1) is 9.45. The molecule has 0 spiro atoms. The van der Waals surface area contributed by atoms with Crippen LogP contribution in [0.2, 0.25) is 0 Å². The fraction of sp³-hybridized carbons (Fsp3) is 0.583. The fourth-order valence-electron chi connectivity index (χ4n) is 2.33. The fourth-order valence-corrected chi connectivity index (χ4v) is 2.98. The van der Waals surface area contributed by atoms with E-state index in [9.17, 15) is 10.2 Å². The molecule has 21 heavy (non-hydrogen) atoms. The molecule has 0 aromatic carbocycles. The Morgan fingerprint density at radius 2 is 2.29 bits per heavy atom. The second-order valence-electron chi connectivity index (χ2n) is 5.00. The van der Waals surface area contributed by atoms with E-state index in [1.165, 1.54) is 0 Å². The molecule has 1 aliphatic rings. The Morgan fingerprint density at radius 1 is 1.57 bits per heavy atom. The summed E-state index contributed by atoms with van der Waals surface area (Å²) in [6.45, 7) is 3.46. The maximum atomic E-state index is 10.5. The Hall–Kier alpha value is 0.264. The molecule has 111 valence electrons. The number of aromatic nitrogens is 4. The second-order valence-corrected chi connectivity index (χ2v) is 7.32. The van der Waals surface area contributed by atoms with Crippen LogP contribution in [0.1, 0.15) is 19.0 Å². The van der Waals surface area contributed by atoms with Gasteiger partial charge in [0.15, 0.2) is 6.23 Å². The third-order valence-electron chi connectivity index (χ3n) is 3.58. The van der Waals surface area contributed by atoms with Crippen LogP contribution in [0.4, 0.5) is 0 Å². The molecule has 1 unspecified atom stereocenters. The molecule has 2 N–H and O–H groups in total. The SMILES string of the molecule is Cc1n[c-]c2ncn([C@@H]3O[C@H](CO)[C@](C)(I)C3O)c2n1.[Y]. The smallest absolute Gasteiger partial charge is 0.154 e. The molecule has 4 atom stereocenters. The summed E-state index contributed by atoms with van der Waals surface area (Å²) in [6.07, 6.45) is 2.47. The summed E-state index contributed by atoms with van der Waals surface area (Å²) in [4.78, 5) is 12.4. The van der Waals surface area contributed by atoms with Crippen molar-refractivity contribution in [2.75, 3.05) is 6.61 Å². The van der Waals surface area contributed by atoms with Crippen LogP contribution < -0.4 is 0 Å². The van der Waals surface area contributed by atoms with E-state index in [1.807, 2.05) is 6.92 Å². The van der Waals surface area contributed by atoms with Gasteiger partial charge in [-0.2, -0.15) is 0 Å². The molecule has 7 nitrogen and oxygen atoms in total. The van der Waals surface area contributed by atoms with E-state index in [2.05, 4.69) is 43.7 Å². The third kappa shape index (κ3) is 2.90. The quantitative estimate of drug-likeness (QED) is 0.369. The standard InChI is InChI=1S/C12H14IN4O3.Y/c1-6-14-3-7-10(16-6)17(5-15-7)11-9(19)12(2,13)8(4-18)20-11;/h5,8-9,11,18-19H,4H2,1-2H3;/q-1;/t8-,9?,11-,12+;/m1./s1. The van der Waals surface area contributed by atoms with Gasteiger partial charge in [-0.25, -0.2) is 0 Å². The zero-order valence-electron chi connectivity index (χ0n) is 11.6. The third-order valence-corrected chi connectivity index (χ3v) is 4.91. The molecule has 3 heterocycles. The number of nitrogens with zero attached hydrogens (tertiary/aromatic N) is 4. The molecular formula is C12H14IN4O3Y-. The number of aryl methyl sites for hydroxylation is 1. The first-order valence-electron chi connectivity index (χ1n) is 6.17. The van der Waals surface area contributed by atoms with Crippen LogP contribution in [0.15, 0.2) is 6.33 Å². The van der Waals surface area contributed by atoms with E-state index >= 15 is 0 Å². The Labute approximate surface area is 160 Å². The number of rotatable bonds is 2. The number of alkyl halides is 1. The van der Waals surface area contributed by atoms with Crippen molar-refractivity contribution in [3.63, 3.8) is 0 Å². The molecule has 1 radical (unpaired) electrons. The molecule has 1 aliphatic heterocycles. The largest absolute Gasteiger partial charge is 0.394 e. The minimum atomic E-state index is -0.784. The van der Waals surface area contributed by atoms with Gasteiger partial charge in [-0.1, -0.05) is 29.5 Å². The average Bonchev–Trinajstić information content (AvgIpc) is 2.90. The maximum Gasteiger partial charge on any atom is 0.154 e. The van der Waals surface area contributed by atoms with E-state index in [1.54, 1.807) is 17.8 Å². The van der Waals surface area contributed by atoms with Gasteiger partial charge in [-0.15, -0.1) is 0 Å². The summed E-state index contributed by atoms with van der Waals surface area (Å²) in [5.41, 5.74) is 1.08. The van der Waals surface area contributed by atoms with Gasteiger partial charge in [0.05, 0.1) is 22.0 Å². The molecule has 0 amide bonds. The van der Waals surface area contributed by atoms with Crippen molar-refractivity contribution >= 4 is 33.8 Å². The van der Waals surface area contributed by atoms with Crippen molar-refractivity contribution in [2.24, 2.45) is 0 Å². The molecule has 2 aromatic rings. The number of fused-ring (bicyclic) bond motifs is 1. The second kappa shape index (κ2) is 6.41. The molecule has 2 aromatic heterocycles. The van der Waals surface area contributed by atoms with Crippen molar-refractivity contribution in [2.45, 2.75) is 35.7 Å². The van der Waals surface area contributed by atoms with Crippen LogP contribution in [-0.4, -0.2) is 52.0 Å². The van der Waals surface area contributed by atoms with Crippen LogP contribution in [0.25, 0.3) is 11.2 Å². The van der Waals surface area contributed by atoms with Crippen molar-refractivity contribution in [3.8, 4) is 0 Å². The van der Waals surface area contributed by atoms with Gasteiger partial charge >= 0.3 is 0 Å². The summed E-state index contributed by atoms with van der Waals surface area (Å²) in [5, 5.41) is 19.9. The van der Waals surface area contributed by atoms with Crippen molar-refractivity contribution in [3.05, 3.63) is 18.3 Å². The zero-order chi connectivity index (χ0) is 14.5. The number of hydrogen-bond acceptors (Lipinski definition) is 6. The molecule has 1 saturated heterocycles. The molecule has 9 heteroatoms. The summed E-state index contributed by atoms with van der Waals surface area (Å²) in [7, 11) is 0. The normalized spacial score (nSPS) is 32.3. The van der Waals surface area contributed by atoms with Crippen LogP contribution >= 0.6 is 22.6 Å². The van der Waals surface area contributed by atoms with Gasteiger partial charge in [0.25, 0.3) is 0 Å². The first kappa shape index (κ1) is 17.6. The predicted molar refractivity (Wildman–Crippen MR) is 78.3 cm³/mol. The molecule has 1 fully saturated rings. The van der Waals surface area contributed by atoms with Crippen LogP contribution in [-0.2, 0) is 37.4 Å². The Balaban J connectivity index is 0.00000161. The Morgan fingerprint density at radius 3 is 2.90 bits per heavy atom. The van der Waals surface area contributed by atoms with Crippen molar-refractivity contribution in [1.82, 2.24) is 19.5 Å². The summed E-state index contributed by atoms with van der Waals surface area (Å²) >= 11 is 2.12. The molecule has 0 saturated carbocycles. The number of aliphatic hydroxyl groups is 2. The van der Waals surface area contributed by atoms with Gasteiger partial charge in [0.2, 0.25) is 0 Å².